The lowest BCUT2D eigenvalue weighted by Crippen LogP contribution is -2.23. The molecule has 27 heavy (non-hydrogen) atoms. The van der Waals surface area contributed by atoms with E-state index in [2.05, 4.69) is 52.6 Å². The molecule has 0 atom stereocenters. The van der Waals surface area contributed by atoms with Gasteiger partial charge in [0.25, 0.3) is 5.91 Å². The lowest BCUT2D eigenvalue weighted by molar-refractivity contribution is 0.0951. The molecule has 3 aromatic rings. The summed E-state index contributed by atoms with van der Waals surface area (Å²) in [5.41, 5.74) is 5.10. The highest BCUT2D eigenvalue weighted by Gasteiger charge is 2.10. The highest BCUT2D eigenvalue weighted by atomic mass is 16.1. The lowest BCUT2D eigenvalue weighted by atomic mass is 10.0. The quantitative estimate of drug-likeness (QED) is 0.660. The first-order valence-electron chi connectivity index (χ1n) is 9.22. The number of rotatable bonds is 7. The molecule has 0 saturated heterocycles. The highest BCUT2D eigenvalue weighted by molar-refractivity contribution is 5.94. The van der Waals surface area contributed by atoms with E-state index < -0.39 is 0 Å². The fraction of sp³-hybridized carbons (Fsp3) is 0.227. The summed E-state index contributed by atoms with van der Waals surface area (Å²) in [6.45, 7) is 4.71. The van der Waals surface area contributed by atoms with E-state index in [4.69, 9.17) is 0 Å². The van der Waals surface area contributed by atoms with Gasteiger partial charge in [-0.1, -0.05) is 38.1 Å². The number of para-hydroxylation sites is 1. The Morgan fingerprint density at radius 3 is 2.44 bits per heavy atom. The van der Waals surface area contributed by atoms with Gasteiger partial charge in [0.2, 0.25) is 0 Å². The first-order chi connectivity index (χ1) is 13.2. The summed E-state index contributed by atoms with van der Waals surface area (Å²) >= 11 is 0. The third-order valence-corrected chi connectivity index (χ3v) is 4.45. The van der Waals surface area contributed by atoms with Crippen LogP contribution in [0.1, 0.15) is 40.9 Å². The molecule has 5 nitrogen and oxygen atoms in total. The van der Waals surface area contributed by atoms with Gasteiger partial charge >= 0.3 is 0 Å². The van der Waals surface area contributed by atoms with Crippen LogP contribution in [0.2, 0.25) is 0 Å². The average molecular weight is 360 g/mol. The molecular weight excluding hydrogens is 336 g/mol. The molecule has 2 aromatic heterocycles. The van der Waals surface area contributed by atoms with E-state index in [1.54, 1.807) is 30.7 Å². The second kappa shape index (κ2) is 8.94. The average Bonchev–Trinajstić information content (AvgIpc) is 2.73. The maximum absolute atomic E-state index is 12.5. The normalized spacial score (nSPS) is 10.4. The van der Waals surface area contributed by atoms with Crippen LogP contribution in [0.3, 0.4) is 0 Å². The van der Waals surface area contributed by atoms with Gasteiger partial charge in [-0.25, -0.2) is 4.98 Å². The van der Waals surface area contributed by atoms with Crippen molar-refractivity contribution in [3.63, 3.8) is 0 Å². The first kappa shape index (κ1) is 18.6. The van der Waals surface area contributed by atoms with Crippen molar-refractivity contribution in [1.29, 1.82) is 0 Å². The van der Waals surface area contributed by atoms with Gasteiger partial charge in [0.1, 0.15) is 5.82 Å². The standard InChI is InChI=1S/C22H24N4O/c1-3-17-8-5-9-18(4-2)21(17)26-20-13-19(10-12-24-20)22(27)25-15-16-7-6-11-23-14-16/h5-14H,3-4,15H2,1-2H3,(H,24,26)(H,25,27). The summed E-state index contributed by atoms with van der Waals surface area (Å²) in [7, 11) is 0. The maximum Gasteiger partial charge on any atom is 0.251 e. The van der Waals surface area contributed by atoms with Crippen molar-refractivity contribution < 1.29 is 4.79 Å². The van der Waals surface area contributed by atoms with Gasteiger partial charge in [-0.3, -0.25) is 9.78 Å². The van der Waals surface area contributed by atoms with Crippen molar-refractivity contribution in [3.8, 4) is 0 Å². The highest BCUT2D eigenvalue weighted by Crippen LogP contribution is 2.26. The Labute approximate surface area is 159 Å². The van der Waals surface area contributed by atoms with Gasteiger partial charge in [-0.2, -0.15) is 0 Å². The first-order valence-corrected chi connectivity index (χ1v) is 9.22. The molecule has 3 rings (SSSR count). The van der Waals surface area contributed by atoms with E-state index in [1.165, 1.54) is 11.1 Å². The number of hydrogen-bond acceptors (Lipinski definition) is 4. The number of nitrogens with zero attached hydrogens (tertiary/aromatic N) is 2. The van der Waals surface area contributed by atoms with E-state index in [1.807, 2.05) is 12.1 Å². The van der Waals surface area contributed by atoms with Crippen molar-refractivity contribution in [2.24, 2.45) is 0 Å². The zero-order valence-electron chi connectivity index (χ0n) is 15.7. The number of hydrogen-bond donors (Lipinski definition) is 2. The Morgan fingerprint density at radius 2 is 1.78 bits per heavy atom. The van der Waals surface area contributed by atoms with E-state index in [-0.39, 0.29) is 5.91 Å². The smallest absolute Gasteiger partial charge is 0.251 e. The van der Waals surface area contributed by atoms with Crippen LogP contribution in [0, 0.1) is 0 Å². The molecule has 2 heterocycles. The van der Waals surface area contributed by atoms with Gasteiger partial charge in [0, 0.05) is 36.4 Å². The van der Waals surface area contributed by atoms with E-state index in [0.29, 0.717) is 17.9 Å². The zero-order valence-corrected chi connectivity index (χ0v) is 15.7. The molecule has 1 aromatic carbocycles. The zero-order chi connectivity index (χ0) is 19.1. The van der Waals surface area contributed by atoms with Crippen LogP contribution in [0.25, 0.3) is 0 Å². The number of pyridine rings is 2. The van der Waals surface area contributed by atoms with Crippen molar-refractivity contribution >= 4 is 17.4 Å². The number of carbonyl (C=O) groups excluding carboxylic acids is 1. The van der Waals surface area contributed by atoms with Crippen LogP contribution in [0.15, 0.2) is 61.1 Å². The molecule has 0 bridgehead atoms. The second-order valence-corrected chi connectivity index (χ2v) is 6.26. The number of amides is 1. The largest absolute Gasteiger partial charge is 0.348 e. The Kier molecular flexibility index (Phi) is 6.15. The molecular formula is C22H24N4O. The van der Waals surface area contributed by atoms with Crippen LogP contribution in [-0.4, -0.2) is 15.9 Å². The molecule has 5 heteroatoms. The minimum absolute atomic E-state index is 0.135. The number of anilines is 2. The second-order valence-electron chi connectivity index (χ2n) is 6.26. The van der Waals surface area contributed by atoms with Crippen LogP contribution >= 0.6 is 0 Å². The van der Waals surface area contributed by atoms with Crippen molar-refractivity contribution in [2.45, 2.75) is 33.2 Å². The topological polar surface area (TPSA) is 66.9 Å². The predicted molar refractivity (Wildman–Crippen MR) is 108 cm³/mol. The summed E-state index contributed by atoms with van der Waals surface area (Å²) in [6, 6.07) is 13.6. The van der Waals surface area contributed by atoms with Gasteiger partial charge in [-0.15, -0.1) is 0 Å². The molecule has 0 aliphatic rings. The van der Waals surface area contributed by atoms with E-state index in [0.717, 1.165) is 24.1 Å². The molecule has 2 N–H and O–H groups in total. The fourth-order valence-corrected chi connectivity index (χ4v) is 2.96. The van der Waals surface area contributed by atoms with Crippen molar-refractivity contribution in [1.82, 2.24) is 15.3 Å². The molecule has 0 spiro atoms. The molecule has 0 aliphatic carbocycles. The maximum atomic E-state index is 12.5. The molecule has 0 unspecified atom stereocenters. The Hall–Kier alpha value is -3.21. The van der Waals surface area contributed by atoms with Crippen LogP contribution in [0.4, 0.5) is 11.5 Å². The third-order valence-electron chi connectivity index (χ3n) is 4.45. The Balaban J connectivity index is 1.75. The SMILES string of the molecule is CCc1cccc(CC)c1Nc1cc(C(=O)NCc2cccnc2)ccn1. The Bertz CT molecular complexity index is 887. The molecule has 0 aliphatic heterocycles. The third kappa shape index (κ3) is 4.70. The molecule has 0 radical (unpaired) electrons. The predicted octanol–water partition coefficient (Wildman–Crippen LogP) is 4.28. The van der Waals surface area contributed by atoms with Crippen LogP contribution in [0.5, 0.6) is 0 Å². The number of nitrogens with one attached hydrogen (secondary N) is 2. The Morgan fingerprint density at radius 1 is 1.00 bits per heavy atom. The van der Waals surface area contributed by atoms with Crippen molar-refractivity contribution in [3.05, 3.63) is 83.3 Å². The molecule has 0 fully saturated rings. The van der Waals surface area contributed by atoms with Gasteiger partial charge in [-0.05, 0) is 47.7 Å². The lowest BCUT2D eigenvalue weighted by Gasteiger charge is -2.15. The summed E-state index contributed by atoms with van der Waals surface area (Å²) in [6.07, 6.45) is 6.98. The van der Waals surface area contributed by atoms with Crippen LogP contribution < -0.4 is 10.6 Å². The summed E-state index contributed by atoms with van der Waals surface area (Å²) < 4.78 is 0. The number of aryl methyl sites for hydroxylation is 2. The van der Waals surface area contributed by atoms with Gasteiger partial charge < -0.3 is 10.6 Å². The summed E-state index contributed by atoms with van der Waals surface area (Å²) in [5.74, 6) is 0.531. The minimum atomic E-state index is -0.135. The van der Waals surface area contributed by atoms with Crippen molar-refractivity contribution in [2.75, 3.05) is 5.32 Å². The monoisotopic (exact) mass is 360 g/mol. The number of benzene rings is 1. The minimum Gasteiger partial charge on any atom is -0.348 e. The van der Waals surface area contributed by atoms with Gasteiger partial charge in [0.15, 0.2) is 0 Å². The van der Waals surface area contributed by atoms with E-state index >= 15 is 0 Å². The molecule has 0 saturated carbocycles. The summed E-state index contributed by atoms with van der Waals surface area (Å²) in [5, 5.41) is 6.33. The molecule has 1 amide bonds. The number of aromatic nitrogens is 2. The van der Waals surface area contributed by atoms with Crippen LogP contribution in [-0.2, 0) is 19.4 Å². The van der Waals surface area contributed by atoms with E-state index in [9.17, 15) is 4.79 Å². The molecule has 138 valence electrons. The summed E-state index contributed by atoms with van der Waals surface area (Å²) in [4.78, 5) is 20.9. The number of carbonyl (C=O) groups is 1. The fourth-order valence-electron chi connectivity index (χ4n) is 2.96. The van der Waals surface area contributed by atoms with Gasteiger partial charge in [0.05, 0.1) is 0 Å².